The number of nitrogens with two attached hydrogens (primary N) is 1. The molecule has 0 amide bonds. The molecule has 96 valence electrons. The first-order valence-electron chi connectivity index (χ1n) is 6.94. The number of aromatic nitrogens is 1. The minimum atomic E-state index is 0.719. The normalized spacial score (nSPS) is 16.4. The van der Waals surface area contributed by atoms with Crippen LogP contribution in [0.1, 0.15) is 24.8 Å². The maximum Gasteiger partial charge on any atom is 0.0494 e. The molecule has 0 radical (unpaired) electrons. The van der Waals surface area contributed by atoms with Crippen molar-refractivity contribution < 1.29 is 0 Å². The molecule has 3 N–H and O–H groups in total. The molecular formula is C15H21N3. The first-order chi connectivity index (χ1) is 8.90. The molecule has 2 aromatic rings. The SMILES string of the molecule is NCCc1ccc2[nH]ccc2c1N1CCCCC1. The molecule has 0 saturated carbocycles. The summed E-state index contributed by atoms with van der Waals surface area (Å²) in [5.74, 6) is 0. The molecule has 0 unspecified atom stereocenters. The van der Waals surface area contributed by atoms with E-state index in [4.69, 9.17) is 5.73 Å². The Morgan fingerprint density at radius 3 is 2.72 bits per heavy atom. The highest BCUT2D eigenvalue weighted by atomic mass is 15.1. The third kappa shape index (κ3) is 1.99. The summed E-state index contributed by atoms with van der Waals surface area (Å²) in [7, 11) is 0. The predicted molar refractivity (Wildman–Crippen MR) is 77.1 cm³/mol. The Hall–Kier alpha value is -1.48. The zero-order valence-electron chi connectivity index (χ0n) is 10.8. The maximum atomic E-state index is 5.75. The van der Waals surface area contributed by atoms with Gasteiger partial charge in [-0.25, -0.2) is 0 Å². The molecule has 18 heavy (non-hydrogen) atoms. The van der Waals surface area contributed by atoms with Crippen molar-refractivity contribution in [3.05, 3.63) is 30.0 Å². The molecule has 3 nitrogen and oxygen atoms in total. The van der Waals surface area contributed by atoms with E-state index >= 15 is 0 Å². The van der Waals surface area contributed by atoms with E-state index < -0.39 is 0 Å². The van der Waals surface area contributed by atoms with Gasteiger partial charge in [0.05, 0.1) is 0 Å². The molecule has 0 spiro atoms. The van der Waals surface area contributed by atoms with Crippen molar-refractivity contribution in [2.75, 3.05) is 24.5 Å². The van der Waals surface area contributed by atoms with Crippen LogP contribution in [-0.2, 0) is 6.42 Å². The van der Waals surface area contributed by atoms with Crippen LogP contribution < -0.4 is 10.6 Å². The smallest absolute Gasteiger partial charge is 0.0494 e. The van der Waals surface area contributed by atoms with Gasteiger partial charge >= 0.3 is 0 Å². The minimum Gasteiger partial charge on any atom is -0.371 e. The fraction of sp³-hybridized carbons (Fsp3) is 0.467. The number of H-pyrrole nitrogens is 1. The number of fused-ring (bicyclic) bond motifs is 1. The molecule has 1 aromatic heterocycles. The van der Waals surface area contributed by atoms with Gasteiger partial charge in [-0.05, 0) is 49.9 Å². The van der Waals surface area contributed by atoms with E-state index in [0.29, 0.717) is 0 Å². The molecule has 1 aromatic carbocycles. The summed E-state index contributed by atoms with van der Waals surface area (Å²) in [6, 6.07) is 6.60. The molecule has 1 saturated heterocycles. The second kappa shape index (κ2) is 5.02. The van der Waals surface area contributed by atoms with E-state index in [1.165, 1.54) is 54.5 Å². The largest absolute Gasteiger partial charge is 0.371 e. The van der Waals surface area contributed by atoms with Crippen molar-refractivity contribution in [1.29, 1.82) is 0 Å². The molecule has 0 bridgehead atoms. The van der Waals surface area contributed by atoms with Crippen molar-refractivity contribution in [1.82, 2.24) is 4.98 Å². The van der Waals surface area contributed by atoms with Crippen molar-refractivity contribution in [3.8, 4) is 0 Å². The van der Waals surface area contributed by atoms with Crippen LogP contribution in [0.4, 0.5) is 5.69 Å². The van der Waals surface area contributed by atoms with Crippen molar-refractivity contribution in [3.63, 3.8) is 0 Å². The minimum absolute atomic E-state index is 0.719. The van der Waals surface area contributed by atoms with Crippen molar-refractivity contribution in [2.24, 2.45) is 5.73 Å². The fourth-order valence-electron chi connectivity index (χ4n) is 3.01. The van der Waals surface area contributed by atoms with Gasteiger partial charge in [-0.15, -0.1) is 0 Å². The molecule has 3 rings (SSSR count). The summed E-state index contributed by atoms with van der Waals surface area (Å²) < 4.78 is 0. The first kappa shape index (κ1) is 11.6. The lowest BCUT2D eigenvalue weighted by molar-refractivity contribution is 0.577. The van der Waals surface area contributed by atoms with Crippen LogP contribution in [0.15, 0.2) is 24.4 Å². The van der Waals surface area contributed by atoms with E-state index in [1.807, 2.05) is 6.20 Å². The number of piperidine rings is 1. The van der Waals surface area contributed by atoms with Gasteiger partial charge in [0, 0.05) is 35.9 Å². The Morgan fingerprint density at radius 2 is 1.94 bits per heavy atom. The highest BCUT2D eigenvalue weighted by Gasteiger charge is 2.17. The molecule has 0 aliphatic carbocycles. The van der Waals surface area contributed by atoms with Gasteiger partial charge in [0.2, 0.25) is 0 Å². The summed E-state index contributed by atoms with van der Waals surface area (Å²) in [6.45, 7) is 3.08. The van der Waals surface area contributed by atoms with Gasteiger partial charge in [-0.3, -0.25) is 0 Å². The van der Waals surface area contributed by atoms with E-state index in [1.54, 1.807) is 0 Å². The Balaban J connectivity index is 2.09. The Bertz CT molecular complexity index is 524. The second-order valence-electron chi connectivity index (χ2n) is 5.10. The maximum absolute atomic E-state index is 5.75. The molecule has 1 fully saturated rings. The fourth-order valence-corrected chi connectivity index (χ4v) is 3.01. The van der Waals surface area contributed by atoms with E-state index in [0.717, 1.165) is 13.0 Å². The van der Waals surface area contributed by atoms with Crippen molar-refractivity contribution in [2.45, 2.75) is 25.7 Å². The molecule has 1 aliphatic heterocycles. The Labute approximate surface area is 108 Å². The van der Waals surface area contributed by atoms with Crippen LogP contribution in [0.5, 0.6) is 0 Å². The third-order valence-electron chi connectivity index (χ3n) is 3.88. The number of hydrogen-bond donors (Lipinski definition) is 2. The number of nitrogens with one attached hydrogen (secondary N) is 1. The number of aromatic amines is 1. The monoisotopic (exact) mass is 243 g/mol. The lowest BCUT2D eigenvalue weighted by atomic mass is 10.0. The molecule has 3 heteroatoms. The standard InChI is InChI=1S/C15H21N3/c16-8-6-12-4-5-14-13(7-9-17-14)15(12)18-10-2-1-3-11-18/h4-5,7,9,17H,1-3,6,8,10-11,16H2. The number of benzene rings is 1. The Morgan fingerprint density at radius 1 is 1.11 bits per heavy atom. The molecule has 1 aliphatic rings. The predicted octanol–water partition coefficient (Wildman–Crippen LogP) is 2.66. The number of anilines is 1. The number of nitrogens with zero attached hydrogens (tertiary/aromatic N) is 1. The van der Waals surface area contributed by atoms with Gasteiger partial charge in [-0.1, -0.05) is 6.07 Å². The summed E-state index contributed by atoms with van der Waals surface area (Å²) in [5, 5.41) is 1.35. The summed E-state index contributed by atoms with van der Waals surface area (Å²) in [5.41, 5.74) is 9.80. The number of rotatable bonds is 3. The highest BCUT2D eigenvalue weighted by Crippen LogP contribution is 2.32. The summed E-state index contributed by atoms with van der Waals surface area (Å²) >= 11 is 0. The summed E-state index contributed by atoms with van der Waals surface area (Å²) in [6.07, 6.45) is 6.98. The van der Waals surface area contributed by atoms with Gasteiger partial charge in [-0.2, -0.15) is 0 Å². The topological polar surface area (TPSA) is 45.1 Å². The quantitative estimate of drug-likeness (QED) is 0.870. The van der Waals surface area contributed by atoms with E-state index in [2.05, 4.69) is 28.1 Å². The average Bonchev–Trinajstić information content (AvgIpc) is 2.88. The average molecular weight is 243 g/mol. The highest BCUT2D eigenvalue weighted by molar-refractivity contribution is 5.94. The van der Waals surface area contributed by atoms with Crippen molar-refractivity contribution >= 4 is 16.6 Å². The number of hydrogen-bond acceptors (Lipinski definition) is 2. The lowest BCUT2D eigenvalue weighted by Crippen LogP contribution is -2.30. The van der Waals surface area contributed by atoms with E-state index in [-0.39, 0.29) is 0 Å². The lowest BCUT2D eigenvalue weighted by Gasteiger charge is -2.31. The molecule has 0 atom stereocenters. The Kier molecular flexibility index (Phi) is 3.24. The zero-order valence-corrected chi connectivity index (χ0v) is 10.8. The first-order valence-corrected chi connectivity index (χ1v) is 6.94. The molecular weight excluding hydrogens is 222 g/mol. The van der Waals surface area contributed by atoms with Gasteiger partial charge in [0.15, 0.2) is 0 Å². The van der Waals surface area contributed by atoms with Gasteiger partial charge in [0.25, 0.3) is 0 Å². The van der Waals surface area contributed by atoms with Crippen LogP contribution in [0.25, 0.3) is 10.9 Å². The third-order valence-corrected chi connectivity index (χ3v) is 3.88. The van der Waals surface area contributed by atoms with Crippen LogP contribution in [0, 0.1) is 0 Å². The van der Waals surface area contributed by atoms with E-state index in [9.17, 15) is 0 Å². The van der Waals surface area contributed by atoms with Crippen LogP contribution in [0.2, 0.25) is 0 Å². The molecule has 2 heterocycles. The van der Waals surface area contributed by atoms with Gasteiger partial charge in [0.1, 0.15) is 0 Å². The summed E-state index contributed by atoms with van der Waals surface area (Å²) in [4.78, 5) is 5.86. The second-order valence-corrected chi connectivity index (χ2v) is 5.10. The van der Waals surface area contributed by atoms with Crippen LogP contribution in [0.3, 0.4) is 0 Å². The van der Waals surface area contributed by atoms with Crippen LogP contribution >= 0.6 is 0 Å². The van der Waals surface area contributed by atoms with Gasteiger partial charge < -0.3 is 15.6 Å². The van der Waals surface area contributed by atoms with Crippen LogP contribution in [-0.4, -0.2) is 24.6 Å². The zero-order chi connectivity index (χ0) is 12.4.